The molecule has 1 unspecified atom stereocenters. The van der Waals surface area contributed by atoms with Crippen LogP contribution in [0, 0.1) is 12.8 Å². The number of rotatable bonds is 5. The molecule has 1 N–H and O–H groups in total. The van der Waals surface area contributed by atoms with Crippen molar-refractivity contribution >= 4 is 11.7 Å². The fourth-order valence-corrected chi connectivity index (χ4v) is 3.24. The molecular formula is C18H21F3N4O2. The molecule has 1 saturated heterocycles. The van der Waals surface area contributed by atoms with Crippen LogP contribution in [0.2, 0.25) is 0 Å². The minimum Gasteiger partial charge on any atom is -0.361 e. The van der Waals surface area contributed by atoms with Crippen molar-refractivity contribution < 1.29 is 22.5 Å². The Balaban J connectivity index is 1.60. The number of anilines is 1. The van der Waals surface area contributed by atoms with E-state index in [4.69, 9.17) is 4.52 Å². The van der Waals surface area contributed by atoms with Gasteiger partial charge < -0.3 is 14.7 Å². The van der Waals surface area contributed by atoms with E-state index in [1.165, 1.54) is 12.3 Å². The van der Waals surface area contributed by atoms with Crippen molar-refractivity contribution in [2.75, 3.05) is 24.5 Å². The lowest BCUT2D eigenvalue weighted by Crippen LogP contribution is -2.44. The summed E-state index contributed by atoms with van der Waals surface area (Å²) in [6.07, 6.45) is -1.35. The molecule has 2 aromatic heterocycles. The van der Waals surface area contributed by atoms with Gasteiger partial charge in [-0.1, -0.05) is 5.16 Å². The molecule has 0 spiro atoms. The quantitative estimate of drug-likeness (QED) is 0.861. The fraction of sp³-hybridized carbons (Fsp3) is 0.500. The van der Waals surface area contributed by atoms with E-state index in [9.17, 15) is 18.0 Å². The number of piperidine rings is 1. The largest absolute Gasteiger partial charge is 0.419 e. The maximum absolute atomic E-state index is 13.2. The van der Waals surface area contributed by atoms with Gasteiger partial charge in [0.25, 0.3) is 0 Å². The summed E-state index contributed by atoms with van der Waals surface area (Å²) in [5, 5.41) is 6.61. The average molecular weight is 382 g/mol. The molecule has 9 heteroatoms. The molecule has 1 amide bonds. The molecule has 2 aromatic rings. The first kappa shape index (κ1) is 19.2. The van der Waals surface area contributed by atoms with Gasteiger partial charge in [0.1, 0.15) is 11.6 Å². The summed E-state index contributed by atoms with van der Waals surface area (Å²) in [7, 11) is 0. The molecule has 6 nitrogen and oxygen atoms in total. The van der Waals surface area contributed by atoms with Crippen LogP contribution in [0.1, 0.15) is 29.9 Å². The normalized spacial score (nSPS) is 17.8. The van der Waals surface area contributed by atoms with E-state index in [1.807, 2.05) is 6.92 Å². The third-order valence-electron chi connectivity index (χ3n) is 4.53. The topological polar surface area (TPSA) is 71.3 Å². The minimum atomic E-state index is -4.48. The van der Waals surface area contributed by atoms with Gasteiger partial charge in [-0.2, -0.15) is 13.2 Å². The first-order valence-electron chi connectivity index (χ1n) is 8.81. The van der Waals surface area contributed by atoms with Gasteiger partial charge in [0.05, 0.1) is 17.2 Å². The highest BCUT2D eigenvalue weighted by molar-refractivity contribution is 5.79. The van der Waals surface area contributed by atoms with Gasteiger partial charge in [0, 0.05) is 38.3 Å². The van der Waals surface area contributed by atoms with Gasteiger partial charge >= 0.3 is 6.18 Å². The van der Waals surface area contributed by atoms with Crippen molar-refractivity contribution in [1.82, 2.24) is 15.5 Å². The smallest absolute Gasteiger partial charge is 0.361 e. The summed E-state index contributed by atoms with van der Waals surface area (Å²) in [4.78, 5) is 17.9. The van der Waals surface area contributed by atoms with Gasteiger partial charge in [-0.25, -0.2) is 4.98 Å². The lowest BCUT2D eigenvalue weighted by molar-refractivity contribution is -0.137. The zero-order chi connectivity index (χ0) is 19.4. The number of hydrogen-bond acceptors (Lipinski definition) is 5. The van der Waals surface area contributed by atoms with Crippen molar-refractivity contribution in [3.05, 3.63) is 41.4 Å². The Kier molecular flexibility index (Phi) is 5.67. The molecule has 1 aliphatic rings. The average Bonchev–Trinajstić information content (AvgIpc) is 3.06. The van der Waals surface area contributed by atoms with E-state index < -0.39 is 11.7 Å². The van der Waals surface area contributed by atoms with E-state index in [0.717, 1.165) is 11.8 Å². The highest BCUT2D eigenvalue weighted by atomic mass is 19.4. The van der Waals surface area contributed by atoms with E-state index in [0.29, 0.717) is 38.1 Å². The number of pyridine rings is 1. The molecule has 146 valence electrons. The number of alkyl halides is 3. The van der Waals surface area contributed by atoms with Crippen LogP contribution in [0.15, 0.2) is 28.9 Å². The Labute approximate surface area is 154 Å². The van der Waals surface area contributed by atoms with Gasteiger partial charge in [-0.3, -0.25) is 4.79 Å². The lowest BCUT2D eigenvalue weighted by Gasteiger charge is -2.34. The summed E-state index contributed by atoms with van der Waals surface area (Å²) in [6.45, 7) is 2.87. The number of hydrogen-bond donors (Lipinski definition) is 1. The van der Waals surface area contributed by atoms with E-state index in [2.05, 4.69) is 15.5 Å². The first-order valence-corrected chi connectivity index (χ1v) is 8.81. The van der Waals surface area contributed by atoms with Crippen molar-refractivity contribution in [2.24, 2.45) is 5.92 Å². The Morgan fingerprint density at radius 2 is 2.26 bits per heavy atom. The zero-order valence-electron chi connectivity index (χ0n) is 14.9. The molecule has 3 heterocycles. The summed E-state index contributed by atoms with van der Waals surface area (Å²) >= 11 is 0. The first-order chi connectivity index (χ1) is 12.8. The number of carbonyl (C=O) groups excluding carboxylic acids is 1. The molecule has 3 rings (SSSR count). The molecule has 0 radical (unpaired) electrons. The van der Waals surface area contributed by atoms with Crippen LogP contribution in [0.4, 0.5) is 19.0 Å². The van der Waals surface area contributed by atoms with Crippen LogP contribution in [-0.2, 0) is 17.4 Å². The molecule has 1 atom stereocenters. The Morgan fingerprint density at radius 1 is 1.44 bits per heavy atom. The van der Waals surface area contributed by atoms with Crippen molar-refractivity contribution in [3.8, 4) is 0 Å². The number of carbonyl (C=O) groups is 1. The molecule has 27 heavy (non-hydrogen) atoms. The van der Waals surface area contributed by atoms with Crippen LogP contribution in [0.3, 0.4) is 0 Å². The Morgan fingerprint density at radius 3 is 2.96 bits per heavy atom. The lowest BCUT2D eigenvalue weighted by atomic mass is 9.96. The summed E-state index contributed by atoms with van der Waals surface area (Å²) in [5.41, 5.74) is 0.00169. The van der Waals surface area contributed by atoms with Crippen LogP contribution in [0.5, 0.6) is 0 Å². The second kappa shape index (κ2) is 7.98. The Bertz CT molecular complexity index is 791. The van der Waals surface area contributed by atoms with Crippen molar-refractivity contribution in [2.45, 2.75) is 32.4 Å². The van der Waals surface area contributed by atoms with Crippen LogP contribution in [0.25, 0.3) is 0 Å². The maximum atomic E-state index is 13.2. The minimum absolute atomic E-state index is 0.111. The highest BCUT2D eigenvalue weighted by Crippen LogP contribution is 2.36. The molecule has 0 bridgehead atoms. The molecular weight excluding hydrogens is 361 g/mol. The van der Waals surface area contributed by atoms with Gasteiger partial charge in [0.2, 0.25) is 5.91 Å². The maximum Gasteiger partial charge on any atom is 0.419 e. The molecule has 0 saturated carbocycles. The molecule has 1 aliphatic heterocycles. The van der Waals surface area contributed by atoms with E-state index in [-0.39, 0.29) is 24.2 Å². The standard InChI is InChI=1S/C18H21F3N4O2/c1-12-10-14(27-24-12)6-8-23-17(26)13-4-3-9-25(11-13)16-15(18(19,20)21)5-2-7-22-16/h2,5,7,10,13H,3-4,6,8-9,11H2,1H3,(H,23,26). The summed E-state index contributed by atoms with van der Waals surface area (Å²) < 4.78 is 44.8. The summed E-state index contributed by atoms with van der Waals surface area (Å²) in [5.74, 6) is 0.0275. The third kappa shape index (κ3) is 4.78. The second-order valence-corrected chi connectivity index (χ2v) is 6.63. The number of aryl methyl sites for hydroxylation is 1. The van der Waals surface area contributed by atoms with Gasteiger partial charge in [-0.05, 0) is 31.9 Å². The van der Waals surface area contributed by atoms with Crippen LogP contribution < -0.4 is 10.2 Å². The van der Waals surface area contributed by atoms with Crippen molar-refractivity contribution in [3.63, 3.8) is 0 Å². The number of halogens is 3. The second-order valence-electron chi connectivity index (χ2n) is 6.63. The molecule has 0 aromatic carbocycles. The number of nitrogens with one attached hydrogen (secondary N) is 1. The molecule has 1 fully saturated rings. The summed E-state index contributed by atoms with van der Waals surface area (Å²) in [6, 6.07) is 4.09. The van der Waals surface area contributed by atoms with E-state index >= 15 is 0 Å². The highest BCUT2D eigenvalue weighted by Gasteiger charge is 2.37. The van der Waals surface area contributed by atoms with Crippen LogP contribution >= 0.6 is 0 Å². The Hall–Kier alpha value is -2.58. The SMILES string of the molecule is Cc1cc(CCNC(=O)C2CCCN(c3ncccc3C(F)(F)F)C2)on1. The van der Waals surface area contributed by atoms with Gasteiger partial charge in [0.15, 0.2) is 0 Å². The third-order valence-corrected chi connectivity index (χ3v) is 4.53. The van der Waals surface area contributed by atoms with Crippen molar-refractivity contribution in [1.29, 1.82) is 0 Å². The van der Waals surface area contributed by atoms with Gasteiger partial charge in [-0.15, -0.1) is 0 Å². The fourth-order valence-electron chi connectivity index (χ4n) is 3.24. The predicted molar refractivity (Wildman–Crippen MR) is 92.1 cm³/mol. The number of nitrogens with zero attached hydrogens (tertiary/aromatic N) is 3. The monoisotopic (exact) mass is 382 g/mol. The van der Waals surface area contributed by atoms with Crippen LogP contribution in [-0.4, -0.2) is 35.7 Å². The zero-order valence-corrected chi connectivity index (χ0v) is 14.9. The number of aromatic nitrogens is 2. The van der Waals surface area contributed by atoms with E-state index in [1.54, 1.807) is 11.0 Å². The molecule has 0 aliphatic carbocycles. The predicted octanol–water partition coefficient (Wildman–Crippen LogP) is 2.97. The number of amides is 1.